The summed E-state index contributed by atoms with van der Waals surface area (Å²) in [7, 11) is 0. The smallest absolute Gasteiger partial charge is 0.0653 e. The van der Waals surface area contributed by atoms with Crippen molar-refractivity contribution in [3.8, 4) is 0 Å². The van der Waals surface area contributed by atoms with Crippen LogP contribution in [0.1, 0.15) is 20.3 Å². The average molecular weight is 147 g/mol. The third-order valence-electron chi connectivity index (χ3n) is 1.02. The summed E-state index contributed by atoms with van der Waals surface area (Å²) in [4.78, 5) is 4.91. The molecule has 0 radical (unpaired) electrons. The van der Waals surface area contributed by atoms with Gasteiger partial charge in [-0.2, -0.15) is 0 Å². The van der Waals surface area contributed by atoms with E-state index in [4.69, 9.17) is 9.57 Å². The van der Waals surface area contributed by atoms with Gasteiger partial charge in [-0.1, -0.05) is 0 Å². The number of ether oxygens (including phenoxy) is 1. The Morgan fingerprint density at radius 3 is 2.60 bits per heavy atom. The lowest BCUT2D eigenvalue weighted by Gasteiger charge is -2.02. The molecule has 0 aliphatic carbocycles. The highest BCUT2D eigenvalue weighted by atomic mass is 16.6. The molecule has 62 valence electrons. The molecule has 0 aromatic carbocycles. The second kappa shape index (κ2) is 8.88. The van der Waals surface area contributed by atoms with E-state index in [2.05, 4.69) is 5.48 Å². The van der Waals surface area contributed by atoms with Crippen molar-refractivity contribution < 1.29 is 9.57 Å². The van der Waals surface area contributed by atoms with Gasteiger partial charge >= 0.3 is 0 Å². The molecule has 0 saturated heterocycles. The van der Waals surface area contributed by atoms with Gasteiger partial charge in [0.25, 0.3) is 0 Å². The zero-order valence-electron chi connectivity index (χ0n) is 6.85. The fourth-order valence-electron chi connectivity index (χ4n) is 0.565. The molecule has 0 rings (SSSR count). The molecular formula is C7H17NO2. The Morgan fingerprint density at radius 2 is 2.00 bits per heavy atom. The number of hydroxylamine groups is 1. The van der Waals surface area contributed by atoms with E-state index in [0.717, 1.165) is 26.2 Å². The first-order valence-corrected chi connectivity index (χ1v) is 3.84. The summed E-state index contributed by atoms with van der Waals surface area (Å²) in [6, 6.07) is 0. The van der Waals surface area contributed by atoms with E-state index in [1.54, 1.807) is 0 Å². The third kappa shape index (κ3) is 7.88. The maximum atomic E-state index is 5.12. The van der Waals surface area contributed by atoms with Crippen LogP contribution in [0.5, 0.6) is 0 Å². The highest BCUT2D eigenvalue weighted by Gasteiger charge is 1.85. The van der Waals surface area contributed by atoms with E-state index >= 15 is 0 Å². The molecule has 0 fully saturated rings. The van der Waals surface area contributed by atoms with Crippen LogP contribution in [0.15, 0.2) is 0 Å². The molecule has 3 nitrogen and oxygen atoms in total. The van der Waals surface area contributed by atoms with Crippen molar-refractivity contribution in [2.24, 2.45) is 0 Å². The number of hydrogen-bond donors (Lipinski definition) is 1. The first kappa shape index (κ1) is 9.88. The first-order valence-electron chi connectivity index (χ1n) is 3.84. The summed E-state index contributed by atoms with van der Waals surface area (Å²) < 4.78 is 5.12. The van der Waals surface area contributed by atoms with Gasteiger partial charge in [-0.3, -0.25) is 0 Å². The normalized spacial score (nSPS) is 10.2. The van der Waals surface area contributed by atoms with Crippen LogP contribution in [-0.2, 0) is 9.57 Å². The summed E-state index contributed by atoms with van der Waals surface area (Å²) in [6.45, 7) is 7.15. The lowest BCUT2D eigenvalue weighted by atomic mass is 10.5. The van der Waals surface area contributed by atoms with Gasteiger partial charge in [0.1, 0.15) is 0 Å². The van der Waals surface area contributed by atoms with Crippen LogP contribution < -0.4 is 5.48 Å². The monoisotopic (exact) mass is 147 g/mol. The van der Waals surface area contributed by atoms with Crippen molar-refractivity contribution in [1.29, 1.82) is 0 Å². The summed E-state index contributed by atoms with van der Waals surface area (Å²) in [5.41, 5.74) is 2.81. The Hall–Kier alpha value is -0.120. The van der Waals surface area contributed by atoms with Crippen molar-refractivity contribution in [1.82, 2.24) is 5.48 Å². The summed E-state index contributed by atoms with van der Waals surface area (Å²) in [6.07, 6.45) is 1.01. The third-order valence-corrected chi connectivity index (χ3v) is 1.02. The van der Waals surface area contributed by atoms with Gasteiger partial charge in [-0.15, -0.1) is 0 Å². The van der Waals surface area contributed by atoms with Crippen LogP contribution in [-0.4, -0.2) is 26.4 Å². The summed E-state index contributed by atoms with van der Waals surface area (Å²) in [5.74, 6) is 0. The molecule has 0 saturated carbocycles. The van der Waals surface area contributed by atoms with E-state index < -0.39 is 0 Å². The predicted molar refractivity (Wildman–Crippen MR) is 40.7 cm³/mol. The number of hydrogen-bond acceptors (Lipinski definition) is 3. The van der Waals surface area contributed by atoms with E-state index in [9.17, 15) is 0 Å². The molecule has 1 N–H and O–H groups in total. The molecule has 3 heteroatoms. The first-order chi connectivity index (χ1) is 4.91. The van der Waals surface area contributed by atoms with Crippen LogP contribution in [0.3, 0.4) is 0 Å². The molecule has 0 spiro atoms. The van der Waals surface area contributed by atoms with Gasteiger partial charge in [0, 0.05) is 19.8 Å². The molecule has 0 aromatic heterocycles. The maximum Gasteiger partial charge on any atom is 0.0653 e. The van der Waals surface area contributed by atoms with Gasteiger partial charge < -0.3 is 9.57 Å². The molecule has 0 aromatic rings. The zero-order chi connectivity index (χ0) is 7.66. The molecule has 0 amide bonds. The zero-order valence-corrected chi connectivity index (χ0v) is 6.85. The van der Waals surface area contributed by atoms with E-state index in [-0.39, 0.29) is 0 Å². The minimum Gasteiger partial charge on any atom is -0.382 e. The minimum absolute atomic E-state index is 0.717. The van der Waals surface area contributed by atoms with Crippen LogP contribution in [0.2, 0.25) is 0 Å². The Bertz CT molecular complexity index is 51.6. The highest BCUT2D eigenvalue weighted by Crippen LogP contribution is 1.79. The van der Waals surface area contributed by atoms with Gasteiger partial charge in [0.2, 0.25) is 0 Å². The Balaban J connectivity index is 2.65. The fourth-order valence-corrected chi connectivity index (χ4v) is 0.565. The van der Waals surface area contributed by atoms with Crippen molar-refractivity contribution in [2.75, 3.05) is 26.4 Å². The quantitative estimate of drug-likeness (QED) is 0.429. The van der Waals surface area contributed by atoms with E-state index in [1.807, 2.05) is 13.8 Å². The van der Waals surface area contributed by atoms with Crippen molar-refractivity contribution in [3.63, 3.8) is 0 Å². The van der Waals surface area contributed by atoms with Gasteiger partial charge in [-0.05, 0) is 20.3 Å². The standard InChI is InChI=1S/C7H17NO2/c1-3-9-7-5-6-8-10-4-2/h8H,3-7H2,1-2H3. The summed E-state index contributed by atoms with van der Waals surface area (Å²) in [5, 5.41) is 0. The molecule has 10 heavy (non-hydrogen) atoms. The number of rotatable bonds is 7. The highest BCUT2D eigenvalue weighted by molar-refractivity contribution is 4.35. The van der Waals surface area contributed by atoms with Crippen LogP contribution in [0.25, 0.3) is 0 Å². The average Bonchev–Trinajstić information content (AvgIpc) is 1.97. The topological polar surface area (TPSA) is 30.5 Å². The molecule has 0 aliphatic heterocycles. The Morgan fingerprint density at radius 1 is 1.20 bits per heavy atom. The SMILES string of the molecule is CCOCCCNOCC. The van der Waals surface area contributed by atoms with Crippen molar-refractivity contribution in [2.45, 2.75) is 20.3 Å². The molecule has 0 unspecified atom stereocenters. The molecule has 0 bridgehead atoms. The predicted octanol–water partition coefficient (Wildman–Crippen LogP) is 0.954. The number of nitrogens with one attached hydrogen (secondary N) is 1. The fraction of sp³-hybridized carbons (Fsp3) is 1.00. The van der Waals surface area contributed by atoms with Crippen LogP contribution >= 0.6 is 0 Å². The summed E-state index contributed by atoms with van der Waals surface area (Å²) >= 11 is 0. The lowest BCUT2D eigenvalue weighted by molar-refractivity contribution is 0.0432. The van der Waals surface area contributed by atoms with Crippen molar-refractivity contribution >= 4 is 0 Å². The van der Waals surface area contributed by atoms with Crippen LogP contribution in [0.4, 0.5) is 0 Å². The van der Waals surface area contributed by atoms with Crippen molar-refractivity contribution in [3.05, 3.63) is 0 Å². The minimum atomic E-state index is 0.717. The Labute approximate surface area is 62.7 Å². The van der Waals surface area contributed by atoms with E-state index in [0.29, 0.717) is 6.61 Å². The van der Waals surface area contributed by atoms with E-state index in [1.165, 1.54) is 0 Å². The molecule has 0 aliphatic rings. The largest absolute Gasteiger partial charge is 0.382 e. The molecular weight excluding hydrogens is 130 g/mol. The molecule has 0 heterocycles. The van der Waals surface area contributed by atoms with Gasteiger partial charge in [0.05, 0.1) is 6.61 Å². The molecule has 0 atom stereocenters. The second-order valence-electron chi connectivity index (χ2n) is 1.88. The second-order valence-corrected chi connectivity index (χ2v) is 1.88. The Kier molecular flexibility index (Phi) is 8.77. The maximum absolute atomic E-state index is 5.12. The van der Waals surface area contributed by atoms with Crippen LogP contribution in [0, 0.1) is 0 Å². The lowest BCUT2D eigenvalue weighted by Crippen LogP contribution is -2.17. The van der Waals surface area contributed by atoms with Gasteiger partial charge in [-0.25, -0.2) is 5.48 Å². The van der Waals surface area contributed by atoms with Gasteiger partial charge in [0.15, 0.2) is 0 Å².